The molecule has 3 unspecified atom stereocenters. The molecular weight excluding hydrogens is 369 g/mol. The molecule has 0 saturated carbocycles. The van der Waals surface area contributed by atoms with Crippen molar-refractivity contribution in [2.75, 3.05) is 6.54 Å². The number of hydrogen-bond donors (Lipinski definition) is 2. The summed E-state index contributed by atoms with van der Waals surface area (Å²) in [5.74, 6) is -3.04. The molecule has 148 valence electrons. The molecule has 4 amide bonds. The summed E-state index contributed by atoms with van der Waals surface area (Å²) in [6, 6.07) is 5.13. The van der Waals surface area contributed by atoms with Crippen LogP contribution in [0.2, 0.25) is 0 Å². The third-order valence-electron chi connectivity index (χ3n) is 4.72. The molecule has 1 aromatic carbocycles. The highest BCUT2D eigenvalue weighted by Gasteiger charge is 2.47. The fourth-order valence-corrected chi connectivity index (χ4v) is 3.21. The lowest BCUT2D eigenvalue weighted by Crippen LogP contribution is -2.50. The topological polar surface area (TPSA) is 105 Å². The fraction of sp³-hybridized carbons (Fsp3) is 0.368. The second-order valence-corrected chi connectivity index (χ2v) is 6.67. The largest absolute Gasteiger partial charge is 0.481 e. The molecule has 9 heteroatoms. The minimum Gasteiger partial charge on any atom is -0.481 e. The number of nitrogens with zero attached hydrogens (tertiary/aromatic N) is 1. The van der Waals surface area contributed by atoms with Crippen molar-refractivity contribution in [2.24, 2.45) is 11.8 Å². The molecule has 1 aliphatic heterocycles. The number of halogens is 1. The number of hydrazine groups is 1. The minimum atomic E-state index is -0.963. The van der Waals surface area contributed by atoms with Gasteiger partial charge < -0.3 is 4.74 Å². The standard InChI is InChI=1S/C19H20FN3O5/c1-11(28-13-8-6-12(20)7-9-13)17(25)22-21-16(24)10-23-18(26)14-4-2-3-5-15(14)19(23)27/h2-3,6-9,11,14-15H,4-5,10H2,1H3,(H,21,24)(H,22,25). The van der Waals surface area contributed by atoms with Crippen LogP contribution in [-0.4, -0.2) is 41.2 Å². The van der Waals surface area contributed by atoms with Crippen molar-refractivity contribution in [3.05, 3.63) is 42.2 Å². The molecule has 2 aliphatic rings. The number of amides is 4. The smallest absolute Gasteiger partial charge is 0.279 e. The molecule has 1 aliphatic carbocycles. The van der Waals surface area contributed by atoms with Crippen LogP contribution in [0.3, 0.4) is 0 Å². The summed E-state index contributed by atoms with van der Waals surface area (Å²) in [5.41, 5.74) is 4.35. The maximum atomic E-state index is 12.9. The van der Waals surface area contributed by atoms with Gasteiger partial charge in [-0.05, 0) is 44.0 Å². The minimum absolute atomic E-state index is 0.292. The molecule has 3 rings (SSSR count). The Morgan fingerprint density at radius 1 is 1.11 bits per heavy atom. The first-order chi connectivity index (χ1) is 13.4. The fourth-order valence-electron chi connectivity index (χ4n) is 3.21. The maximum absolute atomic E-state index is 12.9. The van der Waals surface area contributed by atoms with Crippen molar-refractivity contribution in [3.63, 3.8) is 0 Å². The Hall–Kier alpha value is -3.23. The number of likely N-dealkylation sites (tertiary alicyclic amines) is 1. The number of hydrogen-bond acceptors (Lipinski definition) is 5. The monoisotopic (exact) mass is 389 g/mol. The van der Waals surface area contributed by atoms with Gasteiger partial charge in [0.05, 0.1) is 11.8 Å². The first-order valence-corrected chi connectivity index (χ1v) is 8.88. The Morgan fingerprint density at radius 3 is 2.25 bits per heavy atom. The van der Waals surface area contributed by atoms with Gasteiger partial charge in [0.2, 0.25) is 11.8 Å². The predicted octanol–water partition coefficient (Wildman–Crippen LogP) is 0.692. The van der Waals surface area contributed by atoms with Crippen LogP contribution in [0.25, 0.3) is 0 Å². The number of imide groups is 1. The van der Waals surface area contributed by atoms with Crippen molar-refractivity contribution in [1.29, 1.82) is 0 Å². The van der Waals surface area contributed by atoms with E-state index in [0.29, 0.717) is 18.6 Å². The van der Waals surface area contributed by atoms with Gasteiger partial charge in [0, 0.05) is 0 Å². The molecule has 1 fully saturated rings. The highest BCUT2D eigenvalue weighted by atomic mass is 19.1. The van der Waals surface area contributed by atoms with Crippen LogP contribution in [0.5, 0.6) is 5.75 Å². The summed E-state index contributed by atoms with van der Waals surface area (Å²) >= 11 is 0. The summed E-state index contributed by atoms with van der Waals surface area (Å²) < 4.78 is 18.2. The number of carbonyl (C=O) groups is 4. The highest BCUT2D eigenvalue weighted by molar-refractivity contribution is 6.07. The number of benzene rings is 1. The van der Waals surface area contributed by atoms with Crippen molar-refractivity contribution in [1.82, 2.24) is 15.8 Å². The van der Waals surface area contributed by atoms with Gasteiger partial charge in [-0.1, -0.05) is 12.2 Å². The second-order valence-electron chi connectivity index (χ2n) is 6.67. The molecule has 0 aromatic heterocycles. The number of carbonyl (C=O) groups excluding carboxylic acids is 4. The second kappa shape index (κ2) is 8.20. The van der Waals surface area contributed by atoms with Crippen LogP contribution in [0.15, 0.2) is 36.4 Å². The maximum Gasteiger partial charge on any atom is 0.279 e. The van der Waals surface area contributed by atoms with E-state index < -0.39 is 42.1 Å². The Balaban J connectivity index is 1.47. The Morgan fingerprint density at radius 2 is 1.68 bits per heavy atom. The van der Waals surface area contributed by atoms with Gasteiger partial charge in [-0.3, -0.25) is 34.9 Å². The van der Waals surface area contributed by atoms with E-state index in [-0.39, 0.29) is 11.8 Å². The molecule has 0 radical (unpaired) electrons. The van der Waals surface area contributed by atoms with E-state index in [1.807, 2.05) is 12.2 Å². The molecule has 2 N–H and O–H groups in total. The number of allylic oxidation sites excluding steroid dienone is 2. The van der Waals surface area contributed by atoms with Crippen LogP contribution < -0.4 is 15.6 Å². The lowest BCUT2D eigenvalue weighted by Gasteiger charge is -2.17. The SMILES string of the molecule is CC(Oc1ccc(F)cc1)C(=O)NNC(=O)CN1C(=O)C2CC=CCC2C1=O. The van der Waals surface area contributed by atoms with E-state index in [1.54, 1.807) is 0 Å². The average Bonchev–Trinajstić information content (AvgIpc) is 2.93. The third kappa shape index (κ3) is 4.19. The van der Waals surface area contributed by atoms with Crippen LogP contribution in [0, 0.1) is 17.7 Å². The van der Waals surface area contributed by atoms with E-state index in [2.05, 4.69) is 10.9 Å². The third-order valence-corrected chi connectivity index (χ3v) is 4.72. The number of fused-ring (bicyclic) bond motifs is 1. The van der Waals surface area contributed by atoms with E-state index in [0.717, 1.165) is 4.90 Å². The van der Waals surface area contributed by atoms with Crippen molar-refractivity contribution >= 4 is 23.6 Å². The zero-order chi connectivity index (χ0) is 20.3. The summed E-state index contributed by atoms with van der Waals surface area (Å²) in [7, 11) is 0. The van der Waals surface area contributed by atoms with Crippen LogP contribution in [-0.2, 0) is 19.2 Å². The number of rotatable bonds is 5. The first kappa shape index (κ1) is 19.5. The van der Waals surface area contributed by atoms with Gasteiger partial charge in [0.1, 0.15) is 18.1 Å². The first-order valence-electron chi connectivity index (χ1n) is 8.88. The zero-order valence-electron chi connectivity index (χ0n) is 15.2. The Kier molecular flexibility index (Phi) is 5.72. The van der Waals surface area contributed by atoms with E-state index in [1.165, 1.54) is 31.2 Å². The molecule has 1 aromatic rings. The molecule has 0 bridgehead atoms. The summed E-state index contributed by atoms with van der Waals surface area (Å²) in [4.78, 5) is 49.6. The van der Waals surface area contributed by atoms with Crippen molar-refractivity contribution in [2.45, 2.75) is 25.9 Å². The predicted molar refractivity (Wildman–Crippen MR) is 94.8 cm³/mol. The molecule has 28 heavy (non-hydrogen) atoms. The van der Waals surface area contributed by atoms with Crippen LogP contribution in [0.1, 0.15) is 19.8 Å². The quantitative estimate of drug-likeness (QED) is 0.438. The van der Waals surface area contributed by atoms with Gasteiger partial charge in [0.25, 0.3) is 11.8 Å². The Bertz CT molecular complexity index is 797. The summed E-state index contributed by atoms with van der Waals surface area (Å²) in [6.45, 7) is 0.994. The van der Waals surface area contributed by atoms with Gasteiger partial charge in [-0.2, -0.15) is 0 Å². The van der Waals surface area contributed by atoms with Gasteiger partial charge >= 0.3 is 0 Å². The molecule has 1 heterocycles. The number of ether oxygens (including phenoxy) is 1. The summed E-state index contributed by atoms with van der Waals surface area (Å²) in [6.07, 6.45) is 3.73. The average molecular weight is 389 g/mol. The number of nitrogens with one attached hydrogen (secondary N) is 2. The summed E-state index contributed by atoms with van der Waals surface area (Å²) in [5, 5.41) is 0. The highest BCUT2D eigenvalue weighted by Crippen LogP contribution is 2.34. The molecular formula is C19H20FN3O5. The van der Waals surface area contributed by atoms with E-state index in [4.69, 9.17) is 4.74 Å². The van der Waals surface area contributed by atoms with Crippen LogP contribution >= 0.6 is 0 Å². The van der Waals surface area contributed by atoms with E-state index >= 15 is 0 Å². The van der Waals surface area contributed by atoms with E-state index in [9.17, 15) is 23.6 Å². The molecule has 0 spiro atoms. The molecule has 1 saturated heterocycles. The molecule has 3 atom stereocenters. The Labute approximate surface area is 160 Å². The van der Waals surface area contributed by atoms with Gasteiger partial charge in [-0.25, -0.2) is 4.39 Å². The van der Waals surface area contributed by atoms with Gasteiger partial charge in [-0.15, -0.1) is 0 Å². The van der Waals surface area contributed by atoms with Crippen LogP contribution in [0.4, 0.5) is 4.39 Å². The lowest BCUT2D eigenvalue weighted by atomic mass is 9.85. The normalized spacial score (nSPS) is 21.9. The lowest BCUT2D eigenvalue weighted by molar-refractivity contribution is -0.144. The zero-order valence-corrected chi connectivity index (χ0v) is 15.2. The van der Waals surface area contributed by atoms with Crippen molar-refractivity contribution in [3.8, 4) is 5.75 Å². The van der Waals surface area contributed by atoms with Crippen molar-refractivity contribution < 1.29 is 28.3 Å². The molecule has 8 nitrogen and oxygen atoms in total. The van der Waals surface area contributed by atoms with Gasteiger partial charge in [0.15, 0.2) is 6.10 Å².